The van der Waals surface area contributed by atoms with Gasteiger partial charge in [0.1, 0.15) is 18.0 Å². The standard InChI is InChI=1S/C20H20N2O5S/c1-4-27-15-8-9-16-17(11-15)28-20(22(16)12-18(23)26-3)21-19(24)13-6-5-7-14(10-13)25-2/h5-11H,4,12H2,1-3H3. The summed E-state index contributed by atoms with van der Waals surface area (Å²) in [5.74, 6) is 0.436. The van der Waals surface area contributed by atoms with Gasteiger partial charge in [-0.15, -0.1) is 0 Å². The van der Waals surface area contributed by atoms with Crippen LogP contribution in [0, 0.1) is 0 Å². The Kier molecular flexibility index (Phi) is 6.10. The van der Waals surface area contributed by atoms with Crippen molar-refractivity contribution in [1.82, 2.24) is 4.57 Å². The Morgan fingerprint density at radius 1 is 1.11 bits per heavy atom. The van der Waals surface area contributed by atoms with E-state index in [1.807, 2.05) is 25.1 Å². The lowest BCUT2D eigenvalue weighted by Gasteiger charge is -2.05. The van der Waals surface area contributed by atoms with Crippen LogP contribution in [-0.2, 0) is 16.1 Å². The number of methoxy groups -OCH3 is 2. The second-order valence-electron chi connectivity index (χ2n) is 5.76. The monoisotopic (exact) mass is 400 g/mol. The average Bonchev–Trinajstić information content (AvgIpc) is 3.04. The van der Waals surface area contributed by atoms with Gasteiger partial charge in [-0.2, -0.15) is 4.99 Å². The molecule has 0 spiro atoms. The highest BCUT2D eigenvalue weighted by molar-refractivity contribution is 7.16. The first-order valence-electron chi connectivity index (χ1n) is 8.61. The molecule has 1 amide bonds. The Hall–Kier alpha value is -3.13. The molecule has 146 valence electrons. The van der Waals surface area contributed by atoms with Crippen LogP contribution < -0.4 is 14.3 Å². The van der Waals surface area contributed by atoms with Gasteiger partial charge in [0.2, 0.25) is 0 Å². The number of hydrogen-bond donors (Lipinski definition) is 0. The molecule has 3 rings (SSSR count). The lowest BCUT2D eigenvalue weighted by molar-refractivity contribution is -0.141. The molecule has 1 heterocycles. The number of fused-ring (bicyclic) bond motifs is 1. The molecule has 7 nitrogen and oxygen atoms in total. The molecule has 0 radical (unpaired) electrons. The second kappa shape index (κ2) is 8.71. The first-order chi connectivity index (χ1) is 13.5. The van der Waals surface area contributed by atoms with Crippen molar-refractivity contribution in [3.63, 3.8) is 0 Å². The fourth-order valence-corrected chi connectivity index (χ4v) is 3.71. The van der Waals surface area contributed by atoms with Crippen LogP contribution >= 0.6 is 11.3 Å². The Balaban J connectivity index is 2.11. The predicted molar refractivity (Wildman–Crippen MR) is 106 cm³/mol. The molecule has 2 aromatic carbocycles. The molecule has 1 aromatic heterocycles. The minimum atomic E-state index is -0.427. The highest BCUT2D eigenvalue weighted by Gasteiger charge is 2.13. The van der Waals surface area contributed by atoms with Crippen molar-refractivity contribution < 1.29 is 23.8 Å². The fourth-order valence-electron chi connectivity index (χ4n) is 2.65. The number of rotatable bonds is 6. The number of thiazole rings is 1. The lowest BCUT2D eigenvalue weighted by Crippen LogP contribution is -2.22. The summed E-state index contributed by atoms with van der Waals surface area (Å²) in [6.45, 7) is 2.41. The van der Waals surface area contributed by atoms with Gasteiger partial charge >= 0.3 is 5.97 Å². The van der Waals surface area contributed by atoms with Crippen molar-refractivity contribution in [2.24, 2.45) is 4.99 Å². The molecule has 0 saturated carbocycles. The minimum Gasteiger partial charge on any atom is -0.497 e. The lowest BCUT2D eigenvalue weighted by atomic mass is 10.2. The Bertz CT molecular complexity index is 1080. The van der Waals surface area contributed by atoms with Crippen molar-refractivity contribution >= 4 is 33.4 Å². The van der Waals surface area contributed by atoms with Crippen LogP contribution in [0.4, 0.5) is 0 Å². The molecule has 28 heavy (non-hydrogen) atoms. The maximum atomic E-state index is 12.7. The molecule has 0 aliphatic rings. The second-order valence-corrected chi connectivity index (χ2v) is 6.77. The molecule has 0 fully saturated rings. The Labute approximate surface area is 165 Å². The molecule has 0 aliphatic carbocycles. The zero-order valence-electron chi connectivity index (χ0n) is 15.8. The Morgan fingerprint density at radius 2 is 1.93 bits per heavy atom. The number of hydrogen-bond acceptors (Lipinski definition) is 6. The number of nitrogens with zero attached hydrogens (tertiary/aromatic N) is 2. The third kappa shape index (κ3) is 4.23. The highest BCUT2D eigenvalue weighted by atomic mass is 32.1. The summed E-state index contributed by atoms with van der Waals surface area (Å²) < 4.78 is 18.0. The zero-order valence-corrected chi connectivity index (χ0v) is 16.6. The molecule has 3 aromatic rings. The Morgan fingerprint density at radius 3 is 2.64 bits per heavy atom. The molecular formula is C20H20N2O5S. The maximum absolute atomic E-state index is 12.7. The molecule has 0 saturated heterocycles. The van der Waals surface area contributed by atoms with Gasteiger partial charge in [-0.05, 0) is 43.3 Å². The van der Waals surface area contributed by atoms with Gasteiger partial charge in [0.25, 0.3) is 5.91 Å². The maximum Gasteiger partial charge on any atom is 0.325 e. The number of carbonyl (C=O) groups is 2. The minimum absolute atomic E-state index is 0.0469. The van der Waals surface area contributed by atoms with Gasteiger partial charge in [0, 0.05) is 5.56 Å². The van der Waals surface area contributed by atoms with E-state index in [-0.39, 0.29) is 6.54 Å². The van der Waals surface area contributed by atoms with Gasteiger partial charge in [0.05, 0.1) is 31.0 Å². The van der Waals surface area contributed by atoms with Crippen LogP contribution in [-0.4, -0.2) is 37.3 Å². The summed E-state index contributed by atoms with van der Waals surface area (Å²) in [6, 6.07) is 12.3. The van der Waals surface area contributed by atoms with E-state index < -0.39 is 11.9 Å². The van der Waals surface area contributed by atoms with Crippen LogP contribution in [0.15, 0.2) is 47.5 Å². The molecule has 0 bridgehead atoms. The SMILES string of the molecule is CCOc1ccc2c(c1)sc(=NC(=O)c1cccc(OC)c1)n2CC(=O)OC. The van der Waals surface area contributed by atoms with Gasteiger partial charge in [-0.25, -0.2) is 0 Å². The normalized spacial score (nSPS) is 11.5. The smallest absolute Gasteiger partial charge is 0.325 e. The molecule has 0 N–H and O–H groups in total. The average molecular weight is 400 g/mol. The van der Waals surface area contributed by atoms with E-state index in [4.69, 9.17) is 14.2 Å². The van der Waals surface area contributed by atoms with Crippen molar-refractivity contribution in [1.29, 1.82) is 0 Å². The van der Waals surface area contributed by atoms with E-state index in [9.17, 15) is 9.59 Å². The van der Waals surface area contributed by atoms with Crippen molar-refractivity contribution in [2.75, 3.05) is 20.8 Å². The van der Waals surface area contributed by atoms with Crippen molar-refractivity contribution in [2.45, 2.75) is 13.5 Å². The third-order valence-electron chi connectivity index (χ3n) is 3.99. The van der Waals surface area contributed by atoms with E-state index in [2.05, 4.69) is 4.99 Å². The van der Waals surface area contributed by atoms with E-state index in [0.717, 1.165) is 10.2 Å². The van der Waals surface area contributed by atoms with Crippen LogP contribution in [0.25, 0.3) is 10.2 Å². The van der Waals surface area contributed by atoms with Gasteiger partial charge < -0.3 is 18.8 Å². The zero-order chi connectivity index (χ0) is 20.1. The molecule has 0 atom stereocenters. The van der Waals surface area contributed by atoms with Crippen LogP contribution in [0.5, 0.6) is 11.5 Å². The van der Waals surface area contributed by atoms with E-state index in [1.54, 1.807) is 28.8 Å². The first-order valence-corrected chi connectivity index (χ1v) is 9.43. The summed E-state index contributed by atoms with van der Waals surface area (Å²) in [7, 11) is 2.86. The summed E-state index contributed by atoms with van der Waals surface area (Å²) in [5.41, 5.74) is 1.17. The van der Waals surface area contributed by atoms with Gasteiger partial charge in [-0.1, -0.05) is 17.4 Å². The van der Waals surface area contributed by atoms with E-state index in [0.29, 0.717) is 28.5 Å². The van der Waals surface area contributed by atoms with Crippen LogP contribution in [0.1, 0.15) is 17.3 Å². The summed E-state index contributed by atoms with van der Waals surface area (Å²) in [5, 5.41) is 0. The van der Waals surface area contributed by atoms with E-state index in [1.165, 1.54) is 25.6 Å². The van der Waals surface area contributed by atoms with Crippen molar-refractivity contribution in [3.8, 4) is 11.5 Å². The number of benzene rings is 2. The largest absolute Gasteiger partial charge is 0.497 e. The summed E-state index contributed by atoms with van der Waals surface area (Å²) in [4.78, 5) is 29.2. The summed E-state index contributed by atoms with van der Waals surface area (Å²) in [6.07, 6.45) is 0. The quantitative estimate of drug-likeness (QED) is 0.594. The number of ether oxygens (including phenoxy) is 3. The molecule has 0 aliphatic heterocycles. The number of esters is 1. The van der Waals surface area contributed by atoms with Crippen molar-refractivity contribution in [3.05, 3.63) is 52.8 Å². The molecule has 0 unspecified atom stereocenters. The number of carbonyl (C=O) groups excluding carboxylic acids is 2. The highest BCUT2D eigenvalue weighted by Crippen LogP contribution is 2.24. The number of aromatic nitrogens is 1. The first kappa shape index (κ1) is 19.6. The van der Waals surface area contributed by atoms with Gasteiger partial charge in [-0.3, -0.25) is 9.59 Å². The van der Waals surface area contributed by atoms with Crippen LogP contribution in [0.2, 0.25) is 0 Å². The third-order valence-corrected chi connectivity index (χ3v) is 5.04. The number of amides is 1. The molecule has 8 heteroatoms. The predicted octanol–water partition coefficient (Wildman–Crippen LogP) is 3.02. The summed E-state index contributed by atoms with van der Waals surface area (Å²) >= 11 is 1.31. The van der Waals surface area contributed by atoms with Gasteiger partial charge in [0.15, 0.2) is 4.80 Å². The molecular weight excluding hydrogens is 380 g/mol. The van der Waals surface area contributed by atoms with E-state index >= 15 is 0 Å². The fraction of sp³-hybridized carbons (Fsp3) is 0.250. The topological polar surface area (TPSA) is 79.1 Å². The van der Waals surface area contributed by atoms with Crippen LogP contribution in [0.3, 0.4) is 0 Å².